The quantitative estimate of drug-likeness (QED) is 0.563. The van der Waals surface area contributed by atoms with Gasteiger partial charge in [-0.25, -0.2) is 0 Å². The number of hydrogen-bond acceptors (Lipinski definition) is 3. The Hall–Kier alpha value is -0.120. The van der Waals surface area contributed by atoms with Crippen molar-refractivity contribution in [2.24, 2.45) is 0 Å². The van der Waals surface area contributed by atoms with Gasteiger partial charge in [-0.1, -0.05) is 6.92 Å². The van der Waals surface area contributed by atoms with E-state index in [1.165, 1.54) is 12.8 Å². The number of piperidine rings is 1. The fraction of sp³-hybridized carbons (Fsp3) is 1.00. The maximum Gasteiger partial charge on any atom is 0.0662 e. The van der Waals surface area contributed by atoms with Crippen molar-refractivity contribution in [1.29, 1.82) is 0 Å². The van der Waals surface area contributed by atoms with Crippen molar-refractivity contribution in [2.45, 2.75) is 38.3 Å². The minimum Gasteiger partial charge on any atom is -0.392 e. The van der Waals surface area contributed by atoms with Crippen molar-refractivity contribution in [3.63, 3.8) is 0 Å². The van der Waals surface area contributed by atoms with Gasteiger partial charge in [0.2, 0.25) is 0 Å². The Morgan fingerprint density at radius 1 is 1.50 bits per heavy atom. The molecule has 1 heterocycles. The first-order valence-electron chi connectivity index (χ1n) is 4.95. The van der Waals surface area contributed by atoms with Crippen LogP contribution < -0.4 is 10.6 Å². The molecule has 1 unspecified atom stereocenters. The van der Waals surface area contributed by atoms with Gasteiger partial charge in [0.05, 0.1) is 6.10 Å². The highest BCUT2D eigenvalue weighted by Gasteiger charge is 2.12. The molecule has 0 spiro atoms. The van der Waals surface area contributed by atoms with Gasteiger partial charge in [0.25, 0.3) is 0 Å². The number of nitrogens with one attached hydrogen (secondary N) is 2. The topological polar surface area (TPSA) is 44.3 Å². The third-order valence-electron chi connectivity index (χ3n) is 2.45. The maximum atomic E-state index is 9.31. The van der Waals surface area contributed by atoms with E-state index >= 15 is 0 Å². The summed E-state index contributed by atoms with van der Waals surface area (Å²) >= 11 is 0. The van der Waals surface area contributed by atoms with E-state index in [1.807, 2.05) is 6.92 Å². The first kappa shape index (κ1) is 9.96. The van der Waals surface area contributed by atoms with Crippen LogP contribution in [0.5, 0.6) is 0 Å². The molecule has 72 valence electrons. The molecule has 0 aromatic heterocycles. The molecule has 0 amide bonds. The van der Waals surface area contributed by atoms with Crippen LogP contribution in [0.1, 0.15) is 26.2 Å². The van der Waals surface area contributed by atoms with Crippen LogP contribution in [0, 0.1) is 0 Å². The second kappa shape index (κ2) is 5.51. The monoisotopic (exact) mass is 172 g/mol. The van der Waals surface area contributed by atoms with Gasteiger partial charge in [0.1, 0.15) is 0 Å². The molecule has 0 aromatic carbocycles. The van der Waals surface area contributed by atoms with Crippen LogP contribution in [0.3, 0.4) is 0 Å². The number of hydrogen-bond donors (Lipinski definition) is 3. The summed E-state index contributed by atoms with van der Waals surface area (Å²) in [5.41, 5.74) is 0. The Kier molecular flexibility index (Phi) is 4.58. The molecule has 3 N–H and O–H groups in total. The van der Waals surface area contributed by atoms with Crippen LogP contribution in [-0.4, -0.2) is 36.9 Å². The highest BCUT2D eigenvalue weighted by molar-refractivity contribution is 4.75. The molecule has 1 atom stereocenters. The summed E-state index contributed by atoms with van der Waals surface area (Å²) in [5.74, 6) is 0. The van der Waals surface area contributed by atoms with Gasteiger partial charge >= 0.3 is 0 Å². The highest BCUT2D eigenvalue weighted by Crippen LogP contribution is 2.01. The summed E-state index contributed by atoms with van der Waals surface area (Å²) in [4.78, 5) is 0. The van der Waals surface area contributed by atoms with E-state index < -0.39 is 0 Å². The molecule has 1 aliphatic rings. The first-order chi connectivity index (χ1) is 5.83. The zero-order valence-corrected chi connectivity index (χ0v) is 7.84. The van der Waals surface area contributed by atoms with Crippen LogP contribution in [0.4, 0.5) is 0 Å². The van der Waals surface area contributed by atoms with E-state index in [0.29, 0.717) is 6.04 Å². The largest absolute Gasteiger partial charge is 0.392 e. The lowest BCUT2D eigenvalue weighted by Gasteiger charge is -2.24. The molecule has 12 heavy (non-hydrogen) atoms. The van der Waals surface area contributed by atoms with Gasteiger partial charge in [0, 0.05) is 12.6 Å². The predicted molar refractivity (Wildman–Crippen MR) is 50.2 cm³/mol. The fourth-order valence-corrected chi connectivity index (χ4v) is 1.47. The average Bonchev–Trinajstić information content (AvgIpc) is 2.16. The van der Waals surface area contributed by atoms with Crippen molar-refractivity contribution in [3.8, 4) is 0 Å². The number of aliphatic hydroxyl groups is 1. The number of rotatable bonds is 4. The maximum absolute atomic E-state index is 9.31. The van der Waals surface area contributed by atoms with Crippen molar-refractivity contribution in [1.82, 2.24) is 10.6 Å². The first-order valence-corrected chi connectivity index (χ1v) is 4.95. The second-order valence-electron chi connectivity index (χ2n) is 3.49. The minimum atomic E-state index is -0.167. The summed E-state index contributed by atoms with van der Waals surface area (Å²) in [6.07, 6.45) is 3.06. The Bertz CT molecular complexity index is 113. The Balaban J connectivity index is 2.05. The molecule has 0 saturated carbocycles. The standard InChI is InChI=1S/C9H20N2O/c1-2-9(12)7-11-8-3-5-10-6-4-8/h8-12H,2-7H2,1H3. The summed E-state index contributed by atoms with van der Waals surface area (Å²) in [7, 11) is 0. The van der Waals surface area contributed by atoms with Crippen LogP contribution in [0.25, 0.3) is 0 Å². The molecular weight excluding hydrogens is 152 g/mol. The lowest BCUT2D eigenvalue weighted by molar-refractivity contribution is 0.159. The molecule has 1 aliphatic heterocycles. The SMILES string of the molecule is CCC(O)CNC1CCNCC1. The third kappa shape index (κ3) is 3.52. The fourth-order valence-electron chi connectivity index (χ4n) is 1.47. The Morgan fingerprint density at radius 2 is 2.17 bits per heavy atom. The van der Waals surface area contributed by atoms with Crippen molar-refractivity contribution >= 4 is 0 Å². The van der Waals surface area contributed by atoms with Gasteiger partial charge in [0.15, 0.2) is 0 Å². The molecule has 1 fully saturated rings. The zero-order valence-electron chi connectivity index (χ0n) is 7.84. The summed E-state index contributed by atoms with van der Waals surface area (Å²) in [5, 5.41) is 16.0. The molecule has 3 heteroatoms. The molecular formula is C9H20N2O. The summed E-state index contributed by atoms with van der Waals surface area (Å²) < 4.78 is 0. The van der Waals surface area contributed by atoms with Gasteiger partial charge in [-0.2, -0.15) is 0 Å². The second-order valence-corrected chi connectivity index (χ2v) is 3.49. The molecule has 3 nitrogen and oxygen atoms in total. The predicted octanol–water partition coefficient (Wildman–Crippen LogP) is 0.0989. The lowest BCUT2D eigenvalue weighted by atomic mass is 10.1. The van der Waals surface area contributed by atoms with Gasteiger partial charge in [-0.05, 0) is 32.4 Å². The molecule has 0 aliphatic carbocycles. The third-order valence-corrected chi connectivity index (χ3v) is 2.45. The van der Waals surface area contributed by atoms with Gasteiger partial charge in [-0.3, -0.25) is 0 Å². The van der Waals surface area contributed by atoms with Gasteiger partial charge < -0.3 is 15.7 Å². The Morgan fingerprint density at radius 3 is 2.75 bits per heavy atom. The van der Waals surface area contributed by atoms with Crippen LogP contribution >= 0.6 is 0 Å². The minimum absolute atomic E-state index is 0.167. The van der Waals surface area contributed by atoms with Crippen LogP contribution in [-0.2, 0) is 0 Å². The molecule has 0 radical (unpaired) electrons. The molecule has 1 saturated heterocycles. The highest BCUT2D eigenvalue weighted by atomic mass is 16.3. The Labute approximate surface area is 74.5 Å². The van der Waals surface area contributed by atoms with E-state index in [9.17, 15) is 5.11 Å². The molecule has 1 rings (SSSR count). The average molecular weight is 172 g/mol. The summed E-state index contributed by atoms with van der Waals surface area (Å²) in [6, 6.07) is 0.618. The van der Waals surface area contributed by atoms with E-state index in [1.54, 1.807) is 0 Å². The van der Waals surface area contributed by atoms with Crippen LogP contribution in [0.15, 0.2) is 0 Å². The smallest absolute Gasteiger partial charge is 0.0662 e. The van der Waals surface area contributed by atoms with E-state index in [2.05, 4.69) is 10.6 Å². The molecule has 0 aromatic rings. The van der Waals surface area contributed by atoms with Crippen molar-refractivity contribution in [3.05, 3.63) is 0 Å². The van der Waals surface area contributed by atoms with E-state index in [-0.39, 0.29) is 6.10 Å². The van der Waals surface area contributed by atoms with Crippen molar-refractivity contribution in [2.75, 3.05) is 19.6 Å². The summed E-state index contributed by atoms with van der Waals surface area (Å²) in [6.45, 7) is 4.98. The van der Waals surface area contributed by atoms with Crippen molar-refractivity contribution < 1.29 is 5.11 Å². The molecule has 0 bridgehead atoms. The van der Waals surface area contributed by atoms with Gasteiger partial charge in [-0.15, -0.1) is 0 Å². The zero-order chi connectivity index (χ0) is 8.81. The normalized spacial score (nSPS) is 22.5. The number of aliphatic hydroxyl groups excluding tert-OH is 1. The van der Waals surface area contributed by atoms with E-state index in [4.69, 9.17) is 0 Å². The van der Waals surface area contributed by atoms with E-state index in [0.717, 1.165) is 26.1 Å². The van der Waals surface area contributed by atoms with Crippen LogP contribution in [0.2, 0.25) is 0 Å². The lowest BCUT2D eigenvalue weighted by Crippen LogP contribution is -2.42.